The number of carbonyl (C=O) groups is 1. The summed E-state index contributed by atoms with van der Waals surface area (Å²) in [4.78, 5) is 10.5. The molecule has 0 bridgehead atoms. The van der Waals surface area contributed by atoms with Crippen molar-refractivity contribution < 1.29 is 24.9 Å². The third-order valence-electron chi connectivity index (χ3n) is 5.20. The summed E-state index contributed by atoms with van der Waals surface area (Å²) >= 11 is 0. The summed E-state index contributed by atoms with van der Waals surface area (Å²) in [6.45, 7) is 2.14. The molecule has 4 unspecified atom stereocenters. The minimum absolute atomic E-state index is 0.0215. The van der Waals surface area contributed by atoms with Crippen LogP contribution in [0.1, 0.15) is 58.3 Å². The van der Waals surface area contributed by atoms with E-state index in [1.165, 1.54) is 0 Å². The molecule has 0 aromatic rings. The maximum Gasteiger partial charge on any atom is 0.303 e. The van der Waals surface area contributed by atoms with Crippen molar-refractivity contribution in [3.63, 3.8) is 0 Å². The van der Waals surface area contributed by atoms with Crippen molar-refractivity contribution in [3.8, 4) is 0 Å². The predicted molar refractivity (Wildman–Crippen MR) is 96.2 cm³/mol. The van der Waals surface area contributed by atoms with Crippen LogP contribution in [-0.2, 0) is 9.53 Å². The zero-order chi connectivity index (χ0) is 18.2. The highest BCUT2D eigenvalue weighted by Gasteiger charge is 2.60. The molecule has 0 aromatic carbocycles. The number of rotatable bonds is 12. The number of hydrogen-bond acceptors (Lipinski definition) is 4. The first kappa shape index (κ1) is 20.1. The maximum atomic E-state index is 10.5. The van der Waals surface area contributed by atoms with Gasteiger partial charge in [0.2, 0.25) is 0 Å². The van der Waals surface area contributed by atoms with Crippen molar-refractivity contribution >= 4 is 5.97 Å². The zero-order valence-corrected chi connectivity index (χ0v) is 15.1. The molecule has 1 saturated carbocycles. The highest BCUT2D eigenvalue weighted by atomic mass is 16.6. The van der Waals surface area contributed by atoms with Crippen LogP contribution in [-0.4, -0.2) is 45.7 Å². The Morgan fingerprint density at radius 3 is 2.72 bits per heavy atom. The van der Waals surface area contributed by atoms with Crippen molar-refractivity contribution in [1.29, 1.82) is 0 Å². The van der Waals surface area contributed by atoms with E-state index in [0.717, 1.165) is 38.5 Å². The lowest BCUT2D eigenvalue weighted by molar-refractivity contribution is -0.137. The summed E-state index contributed by atoms with van der Waals surface area (Å²) in [6, 6.07) is 0. The van der Waals surface area contributed by atoms with Crippen LogP contribution in [0.4, 0.5) is 0 Å². The van der Waals surface area contributed by atoms with E-state index in [4.69, 9.17) is 9.84 Å². The molecule has 2 fully saturated rings. The van der Waals surface area contributed by atoms with Gasteiger partial charge in [0, 0.05) is 18.3 Å². The molecule has 1 aliphatic heterocycles. The van der Waals surface area contributed by atoms with Gasteiger partial charge in [0.05, 0.1) is 18.3 Å². The second-order valence-electron chi connectivity index (χ2n) is 7.24. The van der Waals surface area contributed by atoms with Gasteiger partial charge in [-0.05, 0) is 25.7 Å². The summed E-state index contributed by atoms with van der Waals surface area (Å²) in [5, 5.41) is 29.0. The van der Waals surface area contributed by atoms with Gasteiger partial charge >= 0.3 is 5.97 Å². The molecule has 142 valence electrons. The first-order valence-electron chi connectivity index (χ1n) is 9.61. The number of unbranched alkanes of at least 4 members (excludes halogenated alkanes) is 3. The number of carboxylic acids is 1. The Hall–Kier alpha value is -1.17. The van der Waals surface area contributed by atoms with E-state index in [1.807, 2.05) is 18.2 Å². The van der Waals surface area contributed by atoms with Crippen molar-refractivity contribution in [2.24, 2.45) is 11.8 Å². The van der Waals surface area contributed by atoms with Crippen LogP contribution in [0.15, 0.2) is 24.3 Å². The standard InChI is InChI=1S/C20H32O5/c1-2-3-6-9-14(21)12-13-15-16(19-20(25-19)18(15)24)10-7-4-5-8-11-17(22)23/h4,7,12-16,18-21,24H,2-3,5-6,8-11H2,1H3,(H,22,23)/t14?,15-,16-,18?,19?,20?/m1/s1. The molecule has 5 heteroatoms. The van der Waals surface area contributed by atoms with Crippen LogP contribution in [0.2, 0.25) is 0 Å². The van der Waals surface area contributed by atoms with Crippen LogP contribution >= 0.6 is 0 Å². The smallest absolute Gasteiger partial charge is 0.303 e. The fourth-order valence-corrected chi connectivity index (χ4v) is 3.69. The number of hydrogen-bond donors (Lipinski definition) is 3. The molecular weight excluding hydrogens is 320 g/mol. The van der Waals surface area contributed by atoms with Crippen molar-refractivity contribution in [2.75, 3.05) is 0 Å². The summed E-state index contributed by atoms with van der Waals surface area (Å²) < 4.78 is 5.55. The van der Waals surface area contributed by atoms with Crippen LogP contribution < -0.4 is 0 Å². The second-order valence-corrected chi connectivity index (χ2v) is 7.24. The van der Waals surface area contributed by atoms with Gasteiger partial charge in [0.25, 0.3) is 0 Å². The highest BCUT2D eigenvalue weighted by molar-refractivity contribution is 5.66. The minimum Gasteiger partial charge on any atom is -0.481 e. The first-order chi connectivity index (χ1) is 12.0. The third-order valence-corrected chi connectivity index (χ3v) is 5.20. The fourth-order valence-electron chi connectivity index (χ4n) is 3.69. The number of aliphatic hydroxyl groups is 2. The zero-order valence-electron chi connectivity index (χ0n) is 15.1. The van der Waals surface area contributed by atoms with Crippen molar-refractivity contribution in [2.45, 2.75) is 82.7 Å². The predicted octanol–water partition coefficient (Wildman–Crippen LogP) is 3.06. The number of ether oxygens (including phenoxy) is 1. The third kappa shape index (κ3) is 6.24. The number of epoxide rings is 1. The second kappa shape index (κ2) is 10.1. The molecule has 0 spiro atoms. The maximum absolute atomic E-state index is 10.5. The summed E-state index contributed by atoms with van der Waals surface area (Å²) in [7, 11) is 0. The number of aliphatic hydroxyl groups excluding tert-OH is 2. The molecule has 6 atom stereocenters. The summed E-state index contributed by atoms with van der Waals surface area (Å²) in [5.41, 5.74) is 0. The molecule has 1 heterocycles. The van der Waals surface area contributed by atoms with E-state index in [-0.39, 0.29) is 30.5 Å². The largest absolute Gasteiger partial charge is 0.481 e. The topological polar surface area (TPSA) is 90.3 Å². The molecular formula is C20H32O5. The van der Waals surface area contributed by atoms with Gasteiger partial charge in [-0.3, -0.25) is 4.79 Å². The van der Waals surface area contributed by atoms with E-state index < -0.39 is 18.2 Å². The van der Waals surface area contributed by atoms with Gasteiger partial charge in [-0.25, -0.2) is 0 Å². The Morgan fingerprint density at radius 2 is 2.00 bits per heavy atom. The van der Waals surface area contributed by atoms with Gasteiger partial charge in [-0.2, -0.15) is 0 Å². The molecule has 0 aromatic heterocycles. The molecule has 3 N–H and O–H groups in total. The van der Waals surface area contributed by atoms with E-state index >= 15 is 0 Å². The molecule has 2 rings (SSSR count). The monoisotopic (exact) mass is 352 g/mol. The first-order valence-corrected chi connectivity index (χ1v) is 9.61. The summed E-state index contributed by atoms with van der Waals surface area (Å²) in [6.07, 6.45) is 13.5. The SMILES string of the molecule is CCCCCC(O)C=C[C@H]1C(O)C2OC2[C@@H]1CC=CCCCC(=O)O. The van der Waals surface area contributed by atoms with Crippen LogP contribution in [0.3, 0.4) is 0 Å². The minimum atomic E-state index is -0.760. The Labute approximate surface area is 150 Å². The van der Waals surface area contributed by atoms with E-state index in [0.29, 0.717) is 6.42 Å². The van der Waals surface area contributed by atoms with Gasteiger partial charge in [0.15, 0.2) is 0 Å². The van der Waals surface area contributed by atoms with E-state index in [2.05, 4.69) is 13.0 Å². The fraction of sp³-hybridized carbons (Fsp3) is 0.750. The molecule has 2 aliphatic rings. The Kier molecular flexibility index (Phi) is 8.13. The Balaban J connectivity index is 1.78. The lowest BCUT2D eigenvalue weighted by Crippen LogP contribution is -2.24. The van der Waals surface area contributed by atoms with Crippen molar-refractivity contribution in [3.05, 3.63) is 24.3 Å². The summed E-state index contributed by atoms with van der Waals surface area (Å²) in [5.74, 6) is -0.507. The normalized spacial score (nSPS) is 32.4. The average molecular weight is 352 g/mol. The van der Waals surface area contributed by atoms with Gasteiger partial charge in [0.1, 0.15) is 6.10 Å². The lowest BCUT2D eigenvalue weighted by atomic mass is 9.89. The number of carboxylic acid groups (broad SMARTS) is 1. The molecule has 1 aliphatic carbocycles. The lowest BCUT2D eigenvalue weighted by Gasteiger charge is -2.21. The van der Waals surface area contributed by atoms with Crippen LogP contribution in [0.25, 0.3) is 0 Å². The molecule has 1 saturated heterocycles. The van der Waals surface area contributed by atoms with E-state index in [9.17, 15) is 15.0 Å². The number of allylic oxidation sites excluding steroid dienone is 2. The molecule has 5 nitrogen and oxygen atoms in total. The molecule has 25 heavy (non-hydrogen) atoms. The van der Waals surface area contributed by atoms with Crippen molar-refractivity contribution in [1.82, 2.24) is 0 Å². The van der Waals surface area contributed by atoms with Crippen LogP contribution in [0, 0.1) is 11.8 Å². The Morgan fingerprint density at radius 1 is 1.20 bits per heavy atom. The number of aliphatic carboxylic acids is 1. The number of fused-ring (bicyclic) bond motifs is 1. The van der Waals surface area contributed by atoms with E-state index in [1.54, 1.807) is 0 Å². The molecule has 0 radical (unpaired) electrons. The average Bonchev–Trinajstić information content (AvgIpc) is 3.31. The highest BCUT2D eigenvalue weighted by Crippen LogP contribution is 2.49. The Bertz CT molecular complexity index is 473. The van der Waals surface area contributed by atoms with Crippen LogP contribution in [0.5, 0.6) is 0 Å². The quantitative estimate of drug-likeness (QED) is 0.285. The molecule has 0 amide bonds. The van der Waals surface area contributed by atoms with Gasteiger partial charge in [-0.15, -0.1) is 0 Å². The van der Waals surface area contributed by atoms with Gasteiger partial charge in [-0.1, -0.05) is 50.5 Å². The van der Waals surface area contributed by atoms with Gasteiger partial charge < -0.3 is 20.1 Å².